The Morgan fingerprint density at radius 2 is 1.74 bits per heavy atom. The lowest BCUT2D eigenvalue weighted by molar-refractivity contribution is -0.144. The van der Waals surface area contributed by atoms with E-state index in [1.54, 1.807) is 31.2 Å². The van der Waals surface area contributed by atoms with Crippen LogP contribution in [0.15, 0.2) is 48.5 Å². The average Bonchev–Trinajstić information content (AvgIpc) is 2.84. The number of nitrogens with one attached hydrogen (secondary N) is 4. The summed E-state index contributed by atoms with van der Waals surface area (Å²) in [6, 6.07) is 13.3. The molecule has 11 heteroatoms. The number of hydrogen-bond donors (Lipinski definition) is 4. The zero-order valence-electron chi connectivity index (χ0n) is 20.0. The molecular weight excluding hydrogens is 454 g/mol. The summed E-state index contributed by atoms with van der Waals surface area (Å²) in [5.74, 6) is -0.533. The van der Waals surface area contributed by atoms with Crippen LogP contribution in [0.4, 0.5) is 15.3 Å². The smallest absolute Gasteiger partial charge is 0.341 e. The van der Waals surface area contributed by atoms with Crippen LogP contribution in [0.5, 0.6) is 5.75 Å². The van der Waals surface area contributed by atoms with Gasteiger partial charge in [0, 0.05) is 13.1 Å². The molecule has 2 aromatic carbocycles. The number of benzene rings is 2. The number of carbonyl (C=O) groups is 3. The van der Waals surface area contributed by atoms with Crippen LogP contribution >= 0.6 is 0 Å². The zero-order valence-corrected chi connectivity index (χ0v) is 20.0. The molecule has 1 saturated heterocycles. The van der Waals surface area contributed by atoms with Gasteiger partial charge in [-0.3, -0.25) is 10.2 Å². The molecule has 0 aromatic heterocycles. The van der Waals surface area contributed by atoms with Gasteiger partial charge in [-0.15, -0.1) is 5.53 Å². The highest BCUT2D eigenvalue weighted by molar-refractivity contribution is 5.93. The Bertz CT molecular complexity index is 994. The summed E-state index contributed by atoms with van der Waals surface area (Å²) in [6.45, 7) is 4.76. The van der Waals surface area contributed by atoms with Crippen molar-refractivity contribution in [3.8, 4) is 5.75 Å². The molecule has 1 atom stereocenters. The van der Waals surface area contributed by atoms with E-state index in [1.807, 2.05) is 31.2 Å². The molecule has 0 spiro atoms. The van der Waals surface area contributed by atoms with Gasteiger partial charge < -0.3 is 25.0 Å². The molecule has 0 radical (unpaired) electrons. The van der Waals surface area contributed by atoms with Gasteiger partial charge in [0.1, 0.15) is 11.9 Å². The molecule has 188 valence electrons. The first-order valence-corrected chi connectivity index (χ1v) is 11.2. The van der Waals surface area contributed by atoms with Crippen LogP contribution in [0.1, 0.15) is 18.1 Å². The van der Waals surface area contributed by atoms with E-state index >= 15 is 0 Å². The third kappa shape index (κ3) is 7.87. The van der Waals surface area contributed by atoms with Crippen molar-refractivity contribution >= 4 is 23.7 Å². The van der Waals surface area contributed by atoms with Crippen LogP contribution < -0.4 is 26.4 Å². The van der Waals surface area contributed by atoms with Crippen LogP contribution in [0.3, 0.4) is 0 Å². The number of amides is 4. The number of hydrazine groups is 2. The number of carbonyl (C=O) groups excluding carboxylic acids is 3. The summed E-state index contributed by atoms with van der Waals surface area (Å²) >= 11 is 0. The van der Waals surface area contributed by atoms with Crippen LogP contribution in [0.2, 0.25) is 0 Å². The van der Waals surface area contributed by atoms with Crippen molar-refractivity contribution in [3.05, 3.63) is 59.7 Å². The molecule has 4 N–H and O–H groups in total. The highest BCUT2D eigenvalue weighted by Crippen LogP contribution is 2.18. The van der Waals surface area contributed by atoms with Gasteiger partial charge in [0.15, 0.2) is 0 Å². The second kappa shape index (κ2) is 12.6. The van der Waals surface area contributed by atoms with Crippen LogP contribution in [0.25, 0.3) is 0 Å². The molecule has 0 unspecified atom stereocenters. The molecule has 1 aliphatic rings. The minimum absolute atomic E-state index is 0.0711. The lowest BCUT2D eigenvalue weighted by Gasteiger charge is -2.26. The van der Waals surface area contributed by atoms with Gasteiger partial charge in [-0.2, -0.15) is 0 Å². The fraction of sp³-hybridized carbons (Fsp3) is 0.375. The summed E-state index contributed by atoms with van der Waals surface area (Å²) in [7, 11) is 1.25. The lowest BCUT2D eigenvalue weighted by atomic mass is 10.1. The third-order valence-electron chi connectivity index (χ3n) is 5.26. The molecule has 2 aromatic rings. The SMILES string of the molecule is COC(=O)[C@@H](C)CN(C(=O)NCc1ccc(C)cc1)C(=O)NNNc1ccc(OC2COC2)cc1. The molecule has 3 rings (SSSR count). The number of ether oxygens (including phenoxy) is 3. The molecule has 4 amide bonds. The second-order valence-electron chi connectivity index (χ2n) is 8.16. The largest absolute Gasteiger partial charge is 0.486 e. The molecular formula is C24H31N5O6. The van der Waals surface area contributed by atoms with E-state index in [9.17, 15) is 14.4 Å². The van der Waals surface area contributed by atoms with E-state index in [0.717, 1.165) is 16.0 Å². The normalized spacial score (nSPS) is 13.7. The Kier molecular flexibility index (Phi) is 9.27. The summed E-state index contributed by atoms with van der Waals surface area (Å²) in [4.78, 5) is 38.3. The summed E-state index contributed by atoms with van der Waals surface area (Å²) in [6.07, 6.45) is 0.0711. The molecule has 11 nitrogen and oxygen atoms in total. The molecule has 1 fully saturated rings. The van der Waals surface area contributed by atoms with Crippen molar-refractivity contribution in [2.75, 3.05) is 32.3 Å². The first-order valence-electron chi connectivity index (χ1n) is 11.2. The van der Waals surface area contributed by atoms with Gasteiger partial charge in [-0.25, -0.2) is 14.5 Å². The predicted octanol–water partition coefficient (Wildman–Crippen LogP) is 2.33. The zero-order chi connectivity index (χ0) is 25.2. The number of imide groups is 1. The van der Waals surface area contributed by atoms with Gasteiger partial charge in [-0.1, -0.05) is 36.8 Å². The second-order valence-corrected chi connectivity index (χ2v) is 8.16. The maximum Gasteiger partial charge on any atom is 0.341 e. The van der Waals surface area contributed by atoms with Gasteiger partial charge in [-0.05, 0) is 36.8 Å². The Morgan fingerprint density at radius 1 is 1.06 bits per heavy atom. The van der Waals surface area contributed by atoms with E-state index in [4.69, 9.17) is 14.2 Å². The van der Waals surface area contributed by atoms with Crippen molar-refractivity contribution < 1.29 is 28.6 Å². The van der Waals surface area contributed by atoms with Crippen LogP contribution in [-0.4, -0.2) is 55.9 Å². The Morgan fingerprint density at radius 3 is 2.34 bits per heavy atom. The third-order valence-corrected chi connectivity index (χ3v) is 5.26. The van der Waals surface area contributed by atoms with Crippen molar-refractivity contribution in [1.82, 2.24) is 21.2 Å². The maximum absolute atomic E-state index is 12.8. The van der Waals surface area contributed by atoms with Crippen LogP contribution in [0, 0.1) is 12.8 Å². The number of urea groups is 2. The summed E-state index contributed by atoms with van der Waals surface area (Å²) < 4.78 is 15.5. The summed E-state index contributed by atoms with van der Waals surface area (Å²) in [5.41, 5.74) is 10.4. The minimum Gasteiger partial charge on any atom is -0.486 e. The van der Waals surface area contributed by atoms with Gasteiger partial charge >= 0.3 is 18.0 Å². The number of esters is 1. The number of nitrogens with zero attached hydrogens (tertiary/aromatic N) is 1. The van der Waals surface area contributed by atoms with E-state index < -0.39 is 23.9 Å². The molecule has 35 heavy (non-hydrogen) atoms. The molecule has 1 aliphatic heterocycles. The first-order chi connectivity index (χ1) is 16.9. The van der Waals surface area contributed by atoms with E-state index in [1.165, 1.54) is 7.11 Å². The van der Waals surface area contributed by atoms with Gasteiger partial charge in [0.25, 0.3) is 0 Å². The van der Waals surface area contributed by atoms with Crippen molar-refractivity contribution in [1.29, 1.82) is 0 Å². The molecule has 0 bridgehead atoms. The van der Waals surface area contributed by atoms with E-state index in [2.05, 4.69) is 21.7 Å². The van der Waals surface area contributed by atoms with Gasteiger partial charge in [0.05, 0.1) is 31.9 Å². The Hall–Kier alpha value is -3.83. The molecule has 0 saturated carbocycles. The van der Waals surface area contributed by atoms with Crippen LogP contribution in [-0.2, 0) is 20.8 Å². The number of aryl methyl sites for hydroxylation is 1. The summed E-state index contributed by atoms with van der Waals surface area (Å²) in [5, 5.41) is 2.70. The van der Waals surface area contributed by atoms with E-state index in [-0.39, 0.29) is 19.2 Å². The van der Waals surface area contributed by atoms with Gasteiger partial charge in [0.2, 0.25) is 0 Å². The average molecular weight is 486 g/mol. The fourth-order valence-electron chi connectivity index (χ4n) is 3.10. The monoisotopic (exact) mass is 485 g/mol. The predicted molar refractivity (Wildman–Crippen MR) is 128 cm³/mol. The minimum atomic E-state index is -0.750. The number of methoxy groups -OCH3 is 1. The Labute approximate surface area is 204 Å². The first kappa shape index (κ1) is 25.8. The van der Waals surface area contributed by atoms with Crippen molar-refractivity contribution in [3.63, 3.8) is 0 Å². The van der Waals surface area contributed by atoms with Crippen molar-refractivity contribution in [2.24, 2.45) is 5.92 Å². The lowest BCUT2D eigenvalue weighted by Crippen LogP contribution is -2.54. The topological polar surface area (TPSA) is 130 Å². The van der Waals surface area contributed by atoms with Crippen molar-refractivity contribution in [2.45, 2.75) is 26.5 Å². The fourth-order valence-corrected chi connectivity index (χ4v) is 3.10. The number of anilines is 1. The highest BCUT2D eigenvalue weighted by Gasteiger charge is 2.27. The quantitative estimate of drug-likeness (QED) is 0.298. The highest BCUT2D eigenvalue weighted by atomic mass is 16.6. The number of rotatable bonds is 10. The molecule has 0 aliphatic carbocycles. The maximum atomic E-state index is 12.8. The van der Waals surface area contributed by atoms with E-state index in [0.29, 0.717) is 24.7 Å². The standard InChI is InChI=1S/C24H31N5O6/c1-16-4-6-18(7-5-16)12-25-23(31)29(13-17(2)22(30)33-3)24(32)27-28-26-19-8-10-20(11-9-19)35-21-14-34-15-21/h4-11,17,21,26,28H,12-15H2,1-3H3,(H,25,31)(H,27,32)/t17-/m0/s1. The molecule has 1 heterocycles. The number of hydrogen-bond acceptors (Lipinski definition) is 8. The Balaban J connectivity index is 1.53.